The van der Waals surface area contributed by atoms with Crippen LogP contribution in [-0.4, -0.2) is 44.2 Å². The Balaban J connectivity index is 2.23. The Bertz CT molecular complexity index is 685. The number of rotatable bonds is 4. The number of hydrogen-bond donors (Lipinski definition) is 0. The lowest BCUT2D eigenvalue weighted by atomic mass is 10.0. The van der Waals surface area contributed by atoms with Crippen LogP contribution in [-0.2, 0) is 14.6 Å². The molecule has 1 saturated heterocycles. The van der Waals surface area contributed by atoms with Crippen LogP contribution in [0.2, 0.25) is 5.02 Å². The Labute approximate surface area is 136 Å². The van der Waals surface area contributed by atoms with Gasteiger partial charge in [-0.1, -0.05) is 11.6 Å². The van der Waals surface area contributed by atoms with Gasteiger partial charge in [-0.15, -0.1) is 0 Å². The van der Waals surface area contributed by atoms with Crippen LogP contribution in [0.3, 0.4) is 0 Å². The summed E-state index contributed by atoms with van der Waals surface area (Å²) in [6.07, 6.45) is 1.77. The zero-order valence-corrected chi connectivity index (χ0v) is 14.5. The van der Waals surface area contributed by atoms with Gasteiger partial charge >= 0.3 is 0 Å². The molecule has 5 nitrogen and oxygen atoms in total. The van der Waals surface area contributed by atoms with Crippen molar-refractivity contribution >= 4 is 27.3 Å². The molecule has 0 saturated carbocycles. The summed E-state index contributed by atoms with van der Waals surface area (Å²) in [6.45, 7) is 4.49. The molecule has 1 aliphatic heterocycles. The van der Waals surface area contributed by atoms with Gasteiger partial charge in [-0.2, -0.15) is 0 Å². The third-order valence-corrected chi connectivity index (χ3v) is 6.07. The van der Waals surface area contributed by atoms with E-state index in [-0.39, 0.29) is 21.4 Å². The van der Waals surface area contributed by atoms with Crippen LogP contribution in [0.15, 0.2) is 23.1 Å². The maximum Gasteiger partial charge on any atom is 0.238 e. The number of amides is 1. The van der Waals surface area contributed by atoms with Crippen molar-refractivity contribution in [1.29, 1.82) is 0 Å². The number of halogens is 1. The van der Waals surface area contributed by atoms with Gasteiger partial charge in [-0.3, -0.25) is 4.79 Å². The van der Waals surface area contributed by atoms with E-state index in [9.17, 15) is 13.2 Å². The second-order valence-corrected chi connectivity index (χ2v) is 8.38. The fourth-order valence-corrected chi connectivity index (χ4v) is 4.54. The average molecular weight is 346 g/mol. The molecular weight excluding hydrogens is 326 g/mol. The molecule has 0 aliphatic carbocycles. The molecule has 0 aromatic heterocycles. The lowest BCUT2D eigenvalue weighted by Gasteiger charge is -2.31. The van der Waals surface area contributed by atoms with E-state index in [4.69, 9.17) is 16.3 Å². The first kappa shape index (κ1) is 17.1. The molecule has 22 heavy (non-hydrogen) atoms. The summed E-state index contributed by atoms with van der Waals surface area (Å²) >= 11 is 6.01. The van der Waals surface area contributed by atoms with Crippen molar-refractivity contribution in [3.63, 3.8) is 0 Å². The monoisotopic (exact) mass is 345 g/mol. The quantitative estimate of drug-likeness (QED) is 0.841. The van der Waals surface area contributed by atoms with E-state index in [0.717, 1.165) is 12.8 Å². The molecule has 0 unspecified atom stereocenters. The Morgan fingerprint density at radius 2 is 2.09 bits per heavy atom. The van der Waals surface area contributed by atoms with Gasteiger partial charge in [0.15, 0.2) is 9.84 Å². The van der Waals surface area contributed by atoms with E-state index in [1.807, 2.05) is 13.8 Å². The number of methoxy groups -OCH3 is 1. The Morgan fingerprint density at radius 1 is 1.41 bits per heavy atom. The van der Waals surface area contributed by atoms with E-state index in [0.29, 0.717) is 12.3 Å². The summed E-state index contributed by atoms with van der Waals surface area (Å²) in [5.74, 6) is -0.479. The molecule has 122 valence electrons. The van der Waals surface area contributed by atoms with Crippen molar-refractivity contribution in [2.75, 3.05) is 19.4 Å². The van der Waals surface area contributed by atoms with Gasteiger partial charge in [0.1, 0.15) is 11.5 Å². The third-order valence-electron chi connectivity index (χ3n) is 3.99. The molecule has 1 aromatic carbocycles. The maximum absolute atomic E-state index is 12.5. The Hall–Kier alpha value is -1.27. The van der Waals surface area contributed by atoms with E-state index in [1.165, 1.54) is 25.3 Å². The van der Waals surface area contributed by atoms with Crippen molar-refractivity contribution in [2.45, 2.75) is 37.1 Å². The van der Waals surface area contributed by atoms with Gasteiger partial charge in [-0.05, 0) is 38.8 Å². The largest absolute Gasteiger partial charge is 0.497 e. The highest BCUT2D eigenvalue weighted by Crippen LogP contribution is 2.30. The summed E-state index contributed by atoms with van der Waals surface area (Å²) in [6, 6.07) is 4.32. The number of likely N-dealkylation sites (tertiary alicyclic amines) is 1. The summed E-state index contributed by atoms with van der Waals surface area (Å²) in [5.41, 5.74) is -0.295. The smallest absolute Gasteiger partial charge is 0.238 e. The zero-order chi connectivity index (χ0) is 16.5. The van der Waals surface area contributed by atoms with E-state index in [2.05, 4.69) is 0 Å². The van der Waals surface area contributed by atoms with Gasteiger partial charge in [0.25, 0.3) is 0 Å². The predicted molar refractivity (Wildman–Crippen MR) is 85.1 cm³/mol. The second kappa shape index (κ2) is 6.08. The van der Waals surface area contributed by atoms with Crippen LogP contribution in [0.1, 0.15) is 26.7 Å². The van der Waals surface area contributed by atoms with Crippen molar-refractivity contribution in [3.8, 4) is 5.75 Å². The van der Waals surface area contributed by atoms with Gasteiger partial charge in [-0.25, -0.2) is 8.42 Å². The fraction of sp³-hybridized carbons (Fsp3) is 0.533. The molecule has 7 heteroatoms. The van der Waals surface area contributed by atoms with Crippen molar-refractivity contribution < 1.29 is 17.9 Å². The van der Waals surface area contributed by atoms with Crippen LogP contribution in [0.4, 0.5) is 0 Å². The van der Waals surface area contributed by atoms with Crippen molar-refractivity contribution in [3.05, 3.63) is 23.2 Å². The highest BCUT2D eigenvalue weighted by Gasteiger charge is 2.37. The van der Waals surface area contributed by atoms with Crippen molar-refractivity contribution in [2.24, 2.45) is 0 Å². The van der Waals surface area contributed by atoms with Gasteiger partial charge in [0.2, 0.25) is 5.91 Å². The topological polar surface area (TPSA) is 63.7 Å². The summed E-state index contributed by atoms with van der Waals surface area (Å²) < 4.78 is 29.9. The molecule has 1 amide bonds. The number of sulfone groups is 1. The zero-order valence-electron chi connectivity index (χ0n) is 12.9. The highest BCUT2D eigenvalue weighted by molar-refractivity contribution is 7.92. The number of ether oxygens (including phenoxy) is 1. The molecule has 0 N–H and O–H groups in total. The summed E-state index contributed by atoms with van der Waals surface area (Å²) in [5, 5.41) is 0.0628. The molecule has 0 spiro atoms. The average Bonchev–Trinajstić information content (AvgIpc) is 2.77. The molecule has 2 rings (SSSR count). The minimum atomic E-state index is -3.78. The van der Waals surface area contributed by atoms with E-state index >= 15 is 0 Å². The number of carbonyl (C=O) groups is 1. The first-order valence-corrected chi connectivity index (χ1v) is 9.07. The lowest BCUT2D eigenvalue weighted by molar-refractivity contribution is -0.131. The first-order valence-electron chi connectivity index (χ1n) is 7.04. The minimum Gasteiger partial charge on any atom is -0.497 e. The van der Waals surface area contributed by atoms with Gasteiger partial charge in [0.05, 0.1) is 17.0 Å². The Morgan fingerprint density at radius 3 is 2.59 bits per heavy atom. The molecule has 1 fully saturated rings. The SMILES string of the molecule is COc1ccc(S(=O)(=O)CC(=O)N2CCCC2(C)C)c(Cl)c1. The normalized spacial score (nSPS) is 17.5. The fourth-order valence-electron chi connectivity index (χ4n) is 2.75. The number of hydrogen-bond acceptors (Lipinski definition) is 4. The molecule has 0 bridgehead atoms. The minimum absolute atomic E-state index is 0.0414. The standard InChI is InChI=1S/C15H20ClNO4S/c1-15(2)7-4-8-17(15)14(18)10-22(19,20)13-6-5-11(21-3)9-12(13)16/h5-6,9H,4,7-8,10H2,1-3H3. The number of nitrogens with zero attached hydrogens (tertiary/aromatic N) is 1. The Kier molecular flexibility index (Phi) is 4.73. The van der Waals surface area contributed by atoms with Crippen LogP contribution in [0, 0.1) is 0 Å². The number of carbonyl (C=O) groups excluding carboxylic acids is 1. The van der Waals surface area contributed by atoms with E-state index < -0.39 is 15.6 Å². The molecule has 1 aromatic rings. The highest BCUT2D eigenvalue weighted by atomic mass is 35.5. The second-order valence-electron chi connectivity index (χ2n) is 6.02. The molecule has 1 heterocycles. The van der Waals surface area contributed by atoms with Crippen molar-refractivity contribution in [1.82, 2.24) is 4.90 Å². The number of benzene rings is 1. The van der Waals surface area contributed by atoms with Crippen LogP contribution in [0.25, 0.3) is 0 Å². The maximum atomic E-state index is 12.5. The molecule has 0 atom stereocenters. The summed E-state index contributed by atoms with van der Waals surface area (Å²) in [7, 11) is -2.31. The molecule has 1 aliphatic rings. The first-order chi connectivity index (χ1) is 10.2. The predicted octanol–water partition coefficient (Wildman–Crippen LogP) is 2.52. The summed E-state index contributed by atoms with van der Waals surface area (Å²) in [4.78, 5) is 14.0. The van der Waals surface area contributed by atoms with Gasteiger partial charge in [0, 0.05) is 18.2 Å². The van der Waals surface area contributed by atoms with Crippen LogP contribution < -0.4 is 4.74 Å². The van der Waals surface area contributed by atoms with Crippen LogP contribution in [0.5, 0.6) is 5.75 Å². The third kappa shape index (κ3) is 3.38. The lowest BCUT2D eigenvalue weighted by Crippen LogP contribution is -2.45. The molecule has 0 radical (unpaired) electrons. The van der Waals surface area contributed by atoms with E-state index in [1.54, 1.807) is 4.90 Å². The van der Waals surface area contributed by atoms with Gasteiger partial charge < -0.3 is 9.64 Å². The van der Waals surface area contributed by atoms with Crippen LogP contribution >= 0.6 is 11.6 Å². The molecular formula is C15H20ClNO4S.